The number of methoxy groups -OCH3 is 1. The van der Waals surface area contributed by atoms with E-state index >= 15 is 0 Å². The van der Waals surface area contributed by atoms with Crippen molar-refractivity contribution in [1.29, 1.82) is 0 Å². The van der Waals surface area contributed by atoms with Crippen molar-refractivity contribution in [2.45, 2.75) is 32.5 Å². The van der Waals surface area contributed by atoms with Crippen molar-refractivity contribution in [3.8, 4) is 0 Å². The van der Waals surface area contributed by atoms with Crippen molar-refractivity contribution < 1.29 is 14.5 Å². The molecule has 0 spiro atoms. The Hall–Kier alpha value is 0.350. The van der Waals surface area contributed by atoms with Gasteiger partial charge >= 0.3 is 0 Å². The summed E-state index contributed by atoms with van der Waals surface area (Å²) in [7, 11) is 1.59. The monoisotopic (exact) mass is 300 g/mol. The molecule has 4 heteroatoms. The fraction of sp³-hybridized carbons (Fsp3) is 0.778. The number of rotatable bonds is 7. The third-order valence-corrected chi connectivity index (χ3v) is 1.95. The van der Waals surface area contributed by atoms with Gasteiger partial charge in [0.1, 0.15) is 0 Å². The van der Waals surface area contributed by atoms with E-state index in [0.29, 0.717) is 6.61 Å². The number of allylic oxidation sites excluding steroid dienone is 1. The van der Waals surface area contributed by atoms with E-state index in [9.17, 15) is 0 Å². The van der Waals surface area contributed by atoms with Crippen molar-refractivity contribution in [2.75, 3.05) is 13.7 Å². The summed E-state index contributed by atoms with van der Waals surface area (Å²) in [4.78, 5) is 9.99. The van der Waals surface area contributed by atoms with E-state index in [2.05, 4.69) is 28.7 Å². The van der Waals surface area contributed by atoms with Gasteiger partial charge in [0, 0.05) is 7.11 Å². The van der Waals surface area contributed by atoms with E-state index in [1.165, 1.54) is 0 Å². The first kappa shape index (κ1) is 13.4. The summed E-state index contributed by atoms with van der Waals surface area (Å²) in [5.41, 5.74) is 0. The summed E-state index contributed by atoms with van der Waals surface area (Å²) in [6, 6.07) is 0. The van der Waals surface area contributed by atoms with Gasteiger partial charge in [-0.1, -0.05) is 28.7 Å². The van der Waals surface area contributed by atoms with E-state index in [4.69, 9.17) is 14.5 Å². The molecule has 0 N–H and O–H groups in total. The third-order valence-electron chi connectivity index (χ3n) is 1.44. The smallest absolute Gasteiger partial charge is 0.195 e. The third kappa shape index (κ3) is 8.67. The van der Waals surface area contributed by atoms with Crippen molar-refractivity contribution in [1.82, 2.24) is 0 Å². The highest BCUT2D eigenvalue weighted by Crippen LogP contribution is 2.09. The zero-order valence-electron chi connectivity index (χ0n) is 8.38. The van der Waals surface area contributed by atoms with Crippen molar-refractivity contribution in [2.24, 2.45) is 0 Å². The lowest BCUT2D eigenvalue weighted by Gasteiger charge is -2.21. The molecular formula is C9H17IO3. The van der Waals surface area contributed by atoms with Gasteiger partial charge in [-0.15, -0.1) is 0 Å². The van der Waals surface area contributed by atoms with E-state index in [1.807, 2.05) is 4.08 Å². The summed E-state index contributed by atoms with van der Waals surface area (Å²) in [6.45, 7) is 4.20. The highest BCUT2D eigenvalue weighted by molar-refractivity contribution is 14.1. The maximum Gasteiger partial charge on any atom is 0.195 e. The molecule has 0 heterocycles. The quantitative estimate of drug-likeness (QED) is 0.238. The SMILES string of the molecule is COC(C)(C)OOCCC/C=C/I. The van der Waals surface area contributed by atoms with Crippen LogP contribution >= 0.6 is 22.6 Å². The zero-order valence-corrected chi connectivity index (χ0v) is 10.5. The average molecular weight is 300 g/mol. The molecule has 0 saturated heterocycles. The summed E-state index contributed by atoms with van der Waals surface area (Å²) in [6.07, 6.45) is 4.06. The van der Waals surface area contributed by atoms with Crippen molar-refractivity contribution in [3.05, 3.63) is 10.2 Å². The summed E-state index contributed by atoms with van der Waals surface area (Å²) < 4.78 is 7.00. The Morgan fingerprint density at radius 1 is 1.38 bits per heavy atom. The fourth-order valence-electron chi connectivity index (χ4n) is 0.541. The molecule has 0 aromatic rings. The molecule has 0 aliphatic heterocycles. The van der Waals surface area contributed by atoms with Gasteiger partial charge in [-0.3, -0.25) is 0 Å². The lowest BCUT2D eigenvalue weighted by Crippen LogP contribution is -2.26. The molecule has 0 aromatic heterocycles. The predicted molar refractivity (Wildman–Crippen MR) is 60.5 cm³/mol. The van der Waals surface area contributed by atoms with Crippen LogP contribution in [-0.2, 0) is 14.5 Å². The van der Waals surface area contributed by atoms with Gasteiger partial charge in [-0.25, -0.2) is 9.78 Å². The van der Waals surface area contributed by atoms with Crippen LogP contribution < -0.4 is 0 Å². The molecule has 13 heavy (non-hydrogen) atoms. The van der Waals surface area contributed by atoms with Gasteiger partial charge < -0.3 is 4.74 Å². The van der Waals surface area contributed by atoms with Crippen LogP contribution in [0.5, 0.6) is 0 Å². The number of ether oxygens (including phenoxy) is 1. The van der Waals surface area contributed by atoms with E-state index < -0.39 is 5.79 Å². The van der Waals surface area contributed by atoms with E-state index in [0.717, 1.165) is 12.8 Å². The maximum absolute atomic E-state index is 5.01. The van der Waals surface area contributed by atoms with E-state index in [1.54, 1.807) is 21.0 Å². The van der Waals surface area contributed by atoms with Gasteiger partial charge in [-0.2, -0.15) is 0 Å². The minimum absolute atomic E-state index is 0.591. The number of halogens is 1. The van der Waals surface area contributed by atoms with Crippen LogP contribution in [0.3, 0.4) is 0 Å². The van der Waals surface area contributed by atoms with Crippen LogP contribution in [0.15, 0.2) is 10.2 Å². The molecule has 78 valence electrons. The molecule has 0 atom stereocenters. The zero-order chi connectivity index (χ0) is 10.2. The van der Waals surface area contributed by atoms with Crippen molar-refractivity contribution in [3.63, 3.8) is 0 Å². The summed E-state index contributed by atoms with van der Waals surface area (Å²) in [5, 5.41) is 0. The summed E-state index contributed by atoms with van der Waals surface area (Å²) >= 11 is 2.19. The van der Waals surface area contributed by atoms with Gasteiger partial charge in [0.25, 0.3) is 0 Å². The molecule has 0 aliphatic rings. The molecule has 0 amide bonds. The molecule has 3 nitrogen and oxygen atoms in total. The van der Waals surface area contributed by atoms with Crippen LogP contribution in [0, 0.1) is 0 Å². The van der Waals surface area contributed by atoms with Gasteiger partial charge in [0.2, 0.25) is 0 Å². The summed E-state index contributed by atoms with van der Waals surface area (Å²) in [5.74, 6) is -0.654. The van der Waals surface area contributed by atoms with Crippen molar-refractivity contribution >= 4 is 22.6 Å². The Morgan fingerprint density at radius 2 is 2.08 bits per heavy atom. The van der Waals surface area contributed by atoms with E-state index in [-0.39, 0.29) is 0 Å². The molecule has 0 aliphatic carbocycles. The Balaban J connectivity index is 3.25. The molecule has 0 fully saturated rings. The topological polar surface area (TPSA) is 27.7 Å². The molecule has 0 unspecified atom stereocenters. The predicted octanol–water partition coefficient (Wildman–Crippen LogP) is 3.05. The standard InChI is InChI=1S/C9H17IO3/c1-9(2,11-3)13-12-8-6-4-5-7-10/h5,7H,4,6,8H2,1-3H3/b7-5+. The fourth-order valence-corrected chi connectivity index (χ4v) is 0.900. The highest BCUT2D eigenvalue weighted by atomic mass is 127. The molecule has 0 aromatic carbocycles. The molecule has 0 saturated carbocycles. The van der Waals surface area contributed by atoms with Crippen LogP contribution in [0.25, 0.3) is 0 Å². The Labute approximate surface area is 93.5 Å². The minimum atomic E-state index is -0.654. The van der Waals surface area contributed by atoms with Gasteiger partial charge in [0.15, 0.2) is 5.79 Å². The first-order valence-electron chi connectivity index (χ1n) is 4.23. The van der Waals surface area contributed by atoms with Crippen LogP contribution in [0.2, 0.25) is 0 Å². The maximum atomic E-state index is 5.01. The van der Waals surface area contributed by atoms with Crippen LogP contribution in [-0.4, -0.2) is 19.5 Å². The normalized spacial score (nSPS) is 12.6. The average Bonchev–Trinajstić information content (AvgIpc) is 2.11. The lowest BCUT2D eigenvalue weighted by atomic mass is 10.3. The number of hydrogen-bond donors (Lipinski definition) is 0. The molecular weight excluding hydrogens is 283 g/mol. The number of unbranched alkanes of at least 4 members (excludes halogenated alkanes) is 1. The molecule has 0 radical (unpaired) electrons. The second kappa shape index (κ2) is 7.73. The molecule has 0 rings (SSSR count). The minimum Gasteiger partial charge on any atom is -0.351 e. The Morgan fingerprint density at radius 3 is 2.62 bits per heavy atom. The Kier molecular flexibility index (Phi) is 7.93. The van der Waals surface area contributed by atoms with Gasteiger partial charge in [-0.05, 0) is 30.8 Å². The van der Waals surface area contributed by atoms with Gasteiger partial charge in [0.05, 0.1) is 6.61 Å². The van der Waals surface area contributed by atoms with Crippen LogP contribution in [0.1, 0.15) is 26.7 Å². The van der Waals surface area contributed by atoms with Crippen LogP contribution in [0.4, 0.5) is 0 Å². The number of hydrogen-bond acceptors (Lipinski definition) is 3. The highest BCUT2D eigenvalue weighted by Gasteiger charge is 2.17. The lowest BCUT2D eigenvalue weighted by molar-refractivity contribution is -0.413. The largest absolute Gasteiger partial charge is 0.351 e. The first-order chi connectivity index (χ1) is 6.12. The Bertz CT molecular complexity index is 146. The molecule has 0 bridgehead atoms. The first-order valence-corrected chi connectivity index (χ1v) is 5.48. The second-order valence-electron chi connectivity index (χ2n) is 3.01. The second-order valence-corrected chi connectivity index (χ2v) is 3.73.